The molecule has 0 saturated carbocycles. The molecule has 9 heteroatoms. The Morgan fingerprint density at radius 1 is 1.19 bits per heavy atom. The fraction of sp³-hybridized carbons (Fsp3) is 0.417. The van der Waals surface area contributed by atoms with Crippen LogP contribution in [0.3, 0.4) is 0 Å². The van der Waals surface area contributed by atoms with Gasteiger partial charge in [-0.1, -0.05) is 0 Å². The molecule has 2 aromatic rings. The van der Waals surface area contributed by atoms with Crippen LogP contribution < -0.4 is 10.2 Å². The van der Waals surface area contributed by atoms with Gasteiger partial charge in [0.05, 0.1) is 0 Å². The first-order valence-electron chi connectivity index (χ1n) is 6.08. The van der Waals surface area contributed by atoms with E-state index in [2.05, 4.69) is 20.4 Å². The Morgan fingerprint density at radius 2 is 1.86 bits per heavy atom. The van der Waals surface area contributed by atoms with E-state index in [0.717, 1.165) is 11.8 Å². The third kappa shape index (κ3) is 3.41. The number of aromatic nitrogens is 4. The topological polar surface area (TPSA) is 58.9 Å². The molecule has 1 N–H and O–H groups in total. The van der Waals surface area contributed by atoms with Gasteiger partial charge in [-0.25, -0.2) is 4.98 Å². The van der Waals surface area contributed by atoms with Crippen molar-refractivity contribution in [1.82, 2.24) is 19.7 Å². The van der Waals surface area contributed by atoms with E-state index in [9.17, 15) is 13.2 Å². The zero-order valence-electron chi connectivity index (χ0n) is 12.0. The molecule has 0 bridgehead atoms. The summed E-state index contributed by atoms with van der Waals surface area (Å²) >= 11 is 0. The molecule has 2 heterocycles. The second kappa shape index (κ2) is 5.23. The van der Waals surface area contributed by atoms with Crippen molar-refractivity contribution >= 4 is 17.6 Å². The van der Waals surface area contributed by atoms with Crippen molar-refractivity contribution in [3.8, 4) is 0 Å². The maximum Gasteiger partial charge on any atom is 0.433 e. The number of hydrogen-bond donors (Lipinski definition) is 1. The van der Waals surface area contributed by atoms with Crippen molar-refractivity contribution in [3.63, 3.8) is 0 Å². The van der Waals surface area contributed by atoms with Crippen LogP contribution in [0, 0.1) is 6.92 Å². The zero-order valence-corrected chi connectivity index (χ0v) is 12.0. The Morgan fingerprint density at radius 3 is 2.33 bits per heavy atom. The standard InChI is InChI=1S/C12H15F3N6/c1-7-5-9(19-21(7)4)17-11-16-8(12(13,14)15)6-10(18-11)20(2)3/h5-6H,1-4H3,(H,16,17,18,19). The number of halogens is 3. The zero-order chi connectivity index (χ0) is 15.8. The average molecular weight is 300 g/mol. The summed E-state index contributed by atoms with van der Waals surface area (Å²) < 4.78 is 40.2. The van der Waals surface area contributed by atoms with Crippen LogP contribution in [0.25, 0.3) is 0 Å². The third-order valence-corrected chi connectivity index (χ3v) is 2.81. The molecule has 0 aliphatic carbocycles. The lowest BCUT2D eigenvalue weighted by atomic mass is 10.3. The molecule has 21 heavy (non-hydrogen) atoms. The molecular formula is C12H15F3N6. The lowest BCUT2D eigenvalue weighted by Crippen LogP contribution is -2.16. The van der Waals surface area contributed by atoms with Crippen molar-refractivity contribution in [3.05, 3.63) is 23.5 Å². The Hall–Kier alpha value is -2.32. The first-order chi connectivity index (χ1) is 9.66. The highest BCUT2D eigenvalue weighted by Gasteiger charge is 2.34. The van der Waals surface area contributed by atoms with E-state index in [4.69, 9.17) is 0 Å². The molecular weight excluding hydrogens is 285 g/mol. The van der Waals surface area contributed by atoms with E-state index in [1.54, 1.807) is 31.9 Å². The monoisotopic (exact) mass is 300 g/mol. The van der Waals surface area contributed by atoms with E-state index < -0.39 is 11.9 Å². The van der Waals surface area contributed by atoms with Crippen LogP contribution >= 0.6 is 0 Å². The first-order valence-corrected chi connectivity index (χ1v) is 6.08. The molecule has 114 valence electrons. The Balaban J connectivity index is 2.40. The van der Waals surface area contributed by atoms with Crippen molar-refractivity contribution < 1.29 is 13.2 Å². The molecule has 0 amide bonds. The van der Waals surface area contributed by atoms with E-state index in [1.807, 2.05) is 6.92 Å². The number of aryl methyl sites for hydroxylation is 2. The van der Waals surface area contributed by atoms with Gasteiger partial charge in [-0.05, 0) is 6.92 Å². The molecule has 0 aliphatic rings. The minimum absolute atomic E-state index is 0.147. The number of rotatable bonds is 3. The number of hydrogen-bond acceptors (Lipinski definition) is 5. The van der Waals surface area contributed by atoms with Crippen LogP contribution in [0.2, 0.25) is 0 Å². The van der Waals surface area contributed by atoms with E-state index >= 15 is 0 Å². The van der Waals surface area contributed by atoms with E-state index in [1.165, 1.54) is 4.90 Å². The fourth-order valence-corrected chi connectivity index (χ4v) is 1.60. The van der Waals surface area contributed by atoms with Crippen LogP contribution in [0.4, 0.5) is 30.8 Å². The molecule has 2 rings (SSSR count). The molecule has 0 unspecified atom stereocenters. The van der Waals surface area contributed by atoms with Gasteiger partial charge in [-0.2, -0.15) is 23.3 Å². The van der Waals surface area contributed by atoms with Crippen LogP contribution in [-0.4, -0.2) is 33.8 Å². The van der Waals surface area contributed by atoms with Gasteiger partial charge < -0.3 is 10.2 Å². The van der Waals surface area contributed by atoms with Crippen molar-refractivity contribution in [2.75, 3.05) is 24.3 Å². The quantitative estimate of drug-likeness (QED) is 0.943. The summed E-state index contributed by atoms with van der Waals surface area (Å²) in [7, 11) is 4.95. The van der Waals surface area contributed by atoms with Gasteiger partial charge in [0.2, 0.25) is 5.95 Å². The highest BCUT2D eigenvalue weighted by atomic mass is 19.4. The van der Waals surface area contributed by atoms with Gasteiger partial charge >= 0.3 is 6.18 Å². The Kier molecular flexibility index (Phi) is 3.75. The van der Waals surface area contributed by atoms with Gasteiger partial charge in [0, 0.05) is 39.0 Å². The summed E-state index contributed by atoms with van der Waals surface area (Å²) in [6.07, 6.45) is -4.54. The van der Waals surface area contributed by atoms with Crippen LogP contribution in [0.1, 0.15) is 11.4 Å². The summed E-state index contributed by atoms with van der Waals surface area (Å²) in [6, 6.07) is 2.59. The van der Waals surface area contributed by atoms with Gasteiger partial charge in [0.25, 0.3) is 0 Å². The van der Waals surface area contributed by atoms with Gasteiger partial charge in [-0.3, -0.25) is 4.68 Å². The minimum Gasteiger partial charge on any atom is -0.363 e. The molecule has 0 spiro atoms. The van der Waals surface area contributed by atoms with Crippen LogP contribution in [0.15, 0.2) is 12.1 Å². The molecule has 2 aromatic heterocycles. The second-order valence-electron chi connectivity index (χ2n) is 4.75. The van der Waals surface area contributed by atoms with Gasteiger partial charge in [0.15, 0.2) is 11.5 Å². The smallest absolute Gasteiger partial charge is 0.363 e. The molecule has 6 nitrogen and oxygen atoms in total. The fourth-order valence-electron chi connectivity index (χ4n) is 1.60. The maximum atomic E-state index is 12.9. The molecule has 0 aliphatic heterocycles. The summed E-state index contributed by atoms with van der Waals surface area (Å²) in [5.41, 5.74) is -0.145. The molecule has 0 radical (unpaired) electrons. The highest BCUT2D eigenvalue weighted by Crippen LogP contribution is 2.30. The lowest BCUT2D eigenvalue weighted by Gasteiger charge is -2.15. The largest absolute Gasteiger partial charge is 0.433 e. The molecule has 0 fully saturated rings. The predicted octanol–water partition coefficient (Wildman–Crippen LogP) is 2.35. The summed E-state index contributed by atoms with van der Waals surface area (Å²) in [5.74, 6) is 0.401. The summed E-state index contributed by atoms with van der Waals surface area (Å²) in [6.45, 7) is 1.83. The van der Waals surface area contributed by atoms with Crippen LogP contribution in [0.5, 0.6) is 0 Å². The van der Waals surface area contributed by atoms with E-state index in [0.29, 0.717) is 5.82 Å². The average Bonchev–Trinajstić information content (AvgIpc) is 2.66. The third-order valence-electron chi connectivity index (χ3n) is 2.81. The van der Waals surface area contributed by atoms with Crippen molar-refractivity contribution in [2.45, 2.75) is 13.1 Å². The minimum atomic E-state index is -4.54. The number of nitrogens with one attached hydrogen (secondary N) is 1. The van der Waals surface area contributed by atoms with Crippen molar-refractivity contribution in [1.29, 1.82) is 0 Å². The van der Waals surface area contributed by atoms with E-state index in [-0.39, 0.29) is 11.8 Å². The Bertz CT molecular complexity index is 627. The second-order valence-corrected chi connectivity index (χ2v) is 4.75. The predicted molar refractivity (Wildman–Crippen MR) is 72.6 cm³/mol. The maximum absolute atomic E-state index is 12.9. The van der Waals surface area contributed by atoms with Gasteiger partial charge in [-0.15, -0.1) is 0 Å². The highest BCUT2D eigenvalue weighted by molar-refractivity contribution is 5.52. The summed E-state index contributed by atoms with van der Waals surface area (Å²) in [4.78, 5) is 9.01. The number of alkyl halides is 3. The van der Waals surface area contributed by atoms with Gasteiger partial charge in [0.1, 0.15) is 5.82 Å². The summed E-state index contributed by atoms with van der Waals surface area (Å²) in [5, 5.41) is 6.80. The number of anilines is 3. The molecule has 0 saturated heterocycles. The lowest BCUT2D eigenvalue weighted by molar-refractivity contribution is -0.141. The molecule has 0 aromatic carbocycles. The first kappa shape index (κ1) is 15.1. The van der Waals surface area contributed by atoms with Crippen LogP contribution in [-0.2, 0) is 13.2 Å². The number of nitrogens with zero attached hydrogens (tertiary/aromatic N) is 5. The Labute approximate surface area is 119 Å². The SMILES string of the molecule is Cc1cc(Nc2nc(N(C)C)cc(C(F)(F)F)n2)nn1C. The normalized spacial score (nSPS) is 11.6. The molecule has 0 atom stereocenters. The van der Waals surface area contributed by atoms with Crippen molar-refractivity contribution in [2.24, 2.45) is 7.05 Å².